The molecule has 0 radical (unpaired) electrons. The van der Waals surface area contributed by atoms with Crippen LogP contribution in [-0.2, 0) is 0 Å². The number of aromatic nitrogens is 2. The van der Waals surface area contributed by atoms with Gasteiger partial charge >= 0.3 is 0 Å². The van der Waals surface area contributed by atoms with E-state index in [2.05, 4.69) is 37.2 Å². The lowest BCUT2D eigenvalue weighted by molar-refractivity contribution is 0.0733. The molecule has 0 spiro atoms. The third-order valence-corrected chi connectivity index (χ3v) is 4.90. The molecule has 2 aromatic rings. The van der Waals surface area contributed by atoms with Crippen molar-refractivity contribution in [3.05, 3.63) is 28.8 Å². The van der Waals surface area contributed by atoms with Crippen LogP contribution in [0.4, 0.5) is 4.39 Å². The van der Waals surface area contributed by atoms with Crippen molar-refractivity contribution in [1.82, 2.24) is 9.55 Å². The highest BCUT2D eigenvalue weighted by Gasteiger charge is 2.39. The van der Waals surface area contributed by atoms with E-state index >= 15 is 0 Å². The summed E-state index contributed by atoms with van der Waals surface area (Å²) in [7, 11) is 0. The van der Waals surface area contributed by atoms with Gasteiger partial charge in [-0.3, -0.25) is 0 Å². The molecule has 1 saturated carbocycles. The van der Waals surface area contributed by atoms with Gasteiger partial charge < -0.3 is 9.55 Å². The summed E-state index contributed by atoms with van der Waals surface area (Å²) in [4.78, 5) is 3.05. The Kier molecular flexibility index (Phi) is 3.28. The lowest BCUT2D eigenvalue weighted by Gasteiger charge is -2.45. The maximum atomic E-state index is 14.0. The van der Waals surface area contributed by atoms with E-state index in [0.717, 1.165) is 18.4 Å². The van der Waals surface area contributed by atoms with Crippen molar-refractivity contribution in [2.24, 2.45) is 10.8 Å². The molecule has 0 atom stereocenters. The van der Waals surface area contributed by atoms with Crippen molar-refractivity contribution >= 4 is 23.3 Å². The minimum atomic E-state index is -0.230. The Balaban J connectivity index is 2.14. The Hall–Kier alpha value is -1.16. The number of nitrogens with zero attached hydrogens (tertiary/aromatic N) is 1. The van der Waals surface area contributed by atoms with Crippen LogP contribution in [-0.4, -0.2) is 9.55 Å². The van der Waals surface area contributed by atoms with Gasteiger partial charge in [0.1, 0.15) is 11.3 Å². The van der Waals surface area contributed by atoms with Crippen molar-refractivity contribution < 1.29 is 4.39 Å². The average molecular weight is 306 g/mol. The zero-order valence-corrected chi connectivity index (χ0v) is 14.0. The van der Waals surface area contributed by atoms with Gasteiger partial charge in [-0.2, -0.15) is 0 Å². The first kappa shape index (κ1) is 14.8. The van der Waals surface area contributed by atoms with Crippen LogP contribution in [0.2, 0.25) is 0 Å². The molecule has 3 rings (SSSR count). The molecule has 0 saturated heterocycles. The maximum absolute atomic E-state index is 14.0. The first-order chi connectivity index (χ1) is 9.69. The van der Waals surface area contributed by atoms with Crippen LogP contribution >= 0.6 is 12.2 Å². The van der Waals surface area contributed by atoms with Crippen LogP contribution in [0, 0.1) is 21.4 Å². The standard InChI is InChI=1S/C17H23FN2S/c1-16(2)8-11(9-17(3,4)10-16)20-13-7-5-6-12(18)14(13)19-15(20)21/h5-7,11H,8-10H2,1-4H3,(H,19,21). The molecule has 114 valence electrons. The van der Waals surface area contributed by atoms with Crippen molar-refractivity contribution in [3.63, 3.8) is 0 Å². The van der Waals surface area contributed by atoms with Crippen LogP contribution in [0.1, 0.15) is 53.0 Å². The second kappa shape index (κ2) is 4.67. The van der Waals surface area contributed by atoms with Crippen LogP contribution in [0.25, 0.3) is 11.0 Å². The summed E-state index contributed by atoms with van der Waals surface area (Å²) < 4.78 is 16.7. The molecule has 1 heterocycles. The van der Waals surface area contributed by atoms with Crippen LogP contribution < -0.4 is 0 Å². The molecule has 1 aliphatic carbocycles. The SMILES string of the molecule is CC1(C)CC(n2c(=S)[nH]c3c(F)cccc32)CC(C)(C)C1. The predicted octanol–water partition coefficient (Wildman–Crippen LogP) is 5.62. The molecular formula is C17H23FN2S. The zero-order chi connectivity index (χ0) is 15.4. The van der Waals surface area contributed by atoms with Crippen molar-refractivity contribution in [3.8, 4) is 0 Å². The Bertz CT molecular complexity index is 723. The largest absolute Gasteiger partial charge is 0.328 e. The Morgan fingerprint density at radius 3 is 2.43 bits per heavy atom. The number of halogens is 1. The van der Waals surface area contributed by atoms with E-state index in [1.165, 1.54) is 12.5 Å². The van der Waals surface area contributed by atoms with E-state index in [9.17, 15) is 4.39 Å². The highest BCUT2D eigenvalue weighted by atomic mass is 32.1. The Morgan fingerprint density at radius 2 is 1.81 bits per heavy atom. The lowest BCUT2D eigenvalue weighted by Crippen LogP contribution is -2.35. The van der Waals surface area contributed by atoms with Crippen LogP contribution in [0.3, 0.4) is 0 Å². The summed E-state index contributed by atoms with van der Waals surface area (Å²) in [6.07, 6.45) is 3.36. The lowest BCUT2D eigenvalue weighted by atomic mass is 9.63. The zero-order valence-electron chi connectivity index (χ0n) is 13.2. The topological polar surface area (TPSA) is 20.7 Å². The number of imidazole rings is 1. The monoisotopic (exact) mass is 306 g/mol. The van der Waals surface area contributed by atoms with Gasteiger partial charge in [-0.25, -0.2) is 4.39 Å². The third kappa shape index (κ3) is 2.66. The van der Waals surface area contributed by atoms with Gasteiger partial charge in [-0.1, -0.05) is 33.8 Å². The Labute approximate surface area is 130 Å². The fourth-order valence-corrected chi connectivity index (χ4v) is 4.80. The molecule has 0 unspecified atom stereocenters. The minimum absolute atomic E-state index is 0.230. The summed E-state index contributed by atoms with van der Waals surface area (Å²) >= 11 is 5.48. The molecule has 1 aliphatic rings. The predicted molar refractivity (Wildman–Crippen MR) is 87.5 cm³/mol. The van der Waals surface area contributed by atoms with Gasteiger partial charge in [-0.15, -0.1) is 0 Å². The number of aromatic amines is 1. The summed E-state index contributed by atoms with van der Waals surface area (Å²) in [5, 5.41) is 0. The first-order valence-corrected chi connectivity index (χ1v) is 7.98. The highest BCUT2D eigenvalue weighted by molar-refractivity contribution is 7.71. The number of H-pyrrole nitrogens is 1. The number of fused-ring (bicyclic) bond motifs is 1. The third-order valence-electron chi connectivity index (χ3n) is 4.60. The molecule has 4 heteroatoms. The van der Waals surface area contributed by atoms with Crippen molar-refractivity contribution in [2.45, 2.75) is 53.0 Å². The van der Waals surface area contributed by atoms with Gasteiger partial charge in [0.25, 0.3) is 0 Å². The number of para-hydroxylation sites is 1. The van der Waals surface area contributed by atoms with E-state index in [0.29, 0.717) is 16.3 Å². The second-order valence-corrected chi connectivity index (χ2v) is 8.39. The van der Waals surface area contributed by atoms with Gasteiger partial charge in [-0.05, 0) is 54.4 Å². The van der Waals surface area contributed by atoms with Crippen molar-refractivity contribution in [2.75, 3.05) is 0 Å². The molecule has 2 nitrogen and oxygen atoms in total. The van der Waals surface area contributed by atoms with Crippen LogP contribution in [0.5, 0.6) is 0 Å². The maximum Gasteiger partial charge on any atom is 0.178 e. The van der Waals surface area contributed by atoms with Crippen LogP contribution in [0.15, 0.2) is 18.2 Å². The van der Waals surface area contributed by atoms with Gasteiger partial charge in [0.2, 0.25) is 0 Å². The van der Waals surface area contributed by atoms with Crippen molar-refractivity contribution in [1.29, 1.82) is 0 Å². The molecule has 0 aliphatic heterocycles. The smallest absolute Gasteiger partial charge is 0.178 e. The molecular weight excluding hydrogens is 283 g/mol. The first-order valence-electron chi connectivity index (χ1n) is 7.57. The number of nitrogens with one attached hydrogen (secondary N) is 1. The summed E-state index contributed by atoms with van der Waals surface area (Å²) in [5.74, 6) is -0.230. The van der Waals surface area contributed by atoms with Gasteiger partial charge in [0, 0.05) is 6.04 Å². The van der Waals surface area contributed by atoms with E-state index < -0.39 is 0 Å². The van der Waals surface area contributed by atoms with E-state index in [1.54, 1.807) is 6.07 Å². The van der Waals surface area contributed by atoms with E-state index in [4.69, 9.17) is 12.2 Å². The fourth-order valence-electron chi connectivity index (χ4n) is 4.45. The quantitative estimate of drug-likeness (QED) is 0.679. The van der Waals surface area contributed by atoms with E-state index in [1.807, 2.05) is 6.07 Å². The molecule has 1 fully saturated rings. The Morgan fingerprint density at radius 1 is 1.19 bits per heavy atom. The number of rotatable bonds is 1. The van der Waals surface area contributed by atoms with E-state index in [-0.39, 0.29) is 16.6 Å². The molecule has 1 aromatic carbocycles. The summed E-state index contributed by atoms with van der Waals surface area (Å²) in [5.41, 5.74) is 1.97. The molecule has 0 bridgehead atoms. The number of hydrogen-bond acceptors (Lipinski definition) is 1. The highest BCUT2D eigenvalue weighted by Crippen LogP contribution is 2.50. The molecule has 0 amide bonds. The second-order valence-electron chi connectivity index (χ2n) is 8.00. The number of benzene rings is 1. The number of hydrogen-bond donors (Lipinski definition) is 1. The molecule has 1 N–H and O–H groups in total. The summed E-state index contributed by atoms with van der Waals surface area (Å²) in [6.45, 7) is 9.28. The van der Waals surface area contributed by atoms with Gasteiger partial charge in [0.05, 0.1) is 5.52 Å². The molecule has 1 aromatic heterocycles. The minimum Gasteiger partial charge on any atom is -0.328 e. The normalized spacial score (nSPS) is 21.8. The average Bonchev–Trinajstić information content (AvgIpc) is 2.62. The van der Waals surface area contributed by atoms with Gasteiger partial charge in [0.15, 0.2) is 4.77 Å². The fraction of sp³-hybridized carbons (Fsp3) is 0.588. The summed E-state index contributed by atoms with van der Waals surface area (Å²) in [6, 6.07) is 5.52. The molecule has 21 heavy (non-hydrogen) atoms.